The maximum absolute atomic E-state index is 12.7. The van der Waals surface area contributed by atoms with Crippen molar-refractivity contribution in [3.05, 3.63) is 12.2 Å². The first kappa shape index (κ1) is 10.6. The van der Waals surface area contributed by atoms with Gasteiger partial charge < -0.3 is 5.32 Å². The van der Waals surface area contributed by atoms with Gasteiger partial charge in [-0.05, 0) is 26.2 Å². The maximum atomic E-state index is 12.7. The third-order valence-corrected chi connectivity index (χ3v) is 3.17. The van der Waals surface area contributed by atoms with Crippen LogP contribution in [0, 0.1) is 5.92 Å². The molecule has 2 atom stereocenters. The van der Waals surface area contributed by atoms with E-state index in [1.165, 1.54) is 0 Å². The fourth-order valence-electron chi connectivity index (χ4n) is 1.96. The summed E-state index contributed by atoms with van der Waals surface area (Å²) in [4.78, 5) is 11.5. The summed E-state index contributed by atoms with van der Waals surface area (Å²) in [5.41, 5.74) is -0.329. The zero-order valence-electron chi connectivity index (χ0n) is 8.72. The van der Waals surface area contributed by atoms with Gasteiger partial charge in [-0.1, -0.05) is 12.2 Å². The lowest BCUT2D eigenvalue weighted by atomic mass is 9.87. The number of allylic oxidation sites excluding steroid dienone is 1. The number of hydrogen-bond acceptors (Lipinski definition) is 1. The number of rotatable bonds is 2. The van der Waals surface area contributed by atoms with Gasteiger partial charge in [-0.3, -0.25) is 4.79 Å². The predicted octanol–water partition coefficient (Wildman–Crippen LogP) is 2.26. The molecule has 2 aliphatic carbocycles. The van der Waals surface area contributed by atoms with Crippen LogP contribution in [-0.2, 0) is 4.79 Å². The topological polar surface area (TPSA) is 29.1 Å². The molecule has 0 bridgehead atoms. The van der Waals surface area contributed by atoms with Crippen molar-refractivity contribution in [1.29, 1.82) is 0 Å². The Bertz CT molecular complexity index is 314. The van der Waals surface area contributed by atoms with Crippen molar-refractivity contribution < 1.29 is 13.6 Å². The van der Waals surface area contributed by atoms with Crippen molar-refractivity contribution in [3.63, 3.8) is 0 Å². The Hall–Kier alpha value is -0.930. The summed E-state index contributed by atoms with van der Waals surface area (Å²) in [6, 6.07) is 0. The number of carbonyl (C=O) groups is 1. The summed E-state index contributed by atoms with van der Waals surface area (Å²) in [6.45, 7) is 1.91. The Morgan fingerprint density at radius 2 is 2.13 bits per heavy atom. The number of nitrogens with one attached hydrogen (secondary N) is 1. The maximum Gasteiger partial charge on any atom is 0.260 e. The Labute approximate surface area is 87.7 Å². The molecule has 15 heavy (non-hydrogen) atoms. The second kappa shape index (κ2) is 3.29. The molecule has 1 N–H and O–H groups in total. The molecule has 4 heteroatoms. The number of carbonyl (C=O) groups excluding carboxylic acids is 1. The molecule has 2 unspecified atom stereocenters. The number of halogens is 2. The van der Waals surface area contributed by atoms with E-state index >= 15 is 0 Å². The van der Waals surface area contributed by atoms with Crippen LogP contribution >= 0.6 is 0 Å². The number of hydrogen-bond donors (Lipinski definition) is 1. The predicted molar refractivity (Wildman–Crippen MR) is 52.6 cm³/mol. The van der Waals surface area contributed by atoms with E-state index in [0.29, 0.717) is 0 Å². The highest BCUT2D eigenvalue weighted by Gasteiger charge is 2.61. The molecule has 1 amide bonds. The highest BCUT2D eigenvalue weighted by Crippen LogP contribution is 2.49. The third kappa shape index (κ3) is 2.19. The van der Waals surface area contributed by atoms with Gasteiger partial charge in [0.05, 0.1) is 0 Å². The smallest absolute Gasteiger partial charge is 0.260 e. The van der Waals surface area contributed by atoms with Gasteiger partial charge in [0.15, 0.2) is 0 Å². The van der Waals surface area contributed by atoms with E-state index in [1.54, 1.807) is 0 Å². The van der Waals surface area contributed by atoms with Crippen molar-refractivity contribution in [3.8, 4) is 0 Å². The van der Waals surface area contributed by atoms with E-state index in [-0.39, 0.29) is 12.0 Å². The first-order chi connectivity index (χ1) is 6.93. The second-order valence-corrected chi connectivity index (χ2v) is 4.78. The first-order valence-electron chi connectivity index (χ1n) is 5.28. The Morgan fingerprint density at radius 1 is 1.47 bits per heavy atom. The van der Waals surface area contributed by atoms with E-state index in [1.807, 2.05) is 13.0 Å². The second-order valence-electron chi connectivity index (χ2n) is 4.78. The minimum Gasteiger partial charge on any atom is -0.350 e. The minimum absolute atomic E-state index is 0.287. The van der Waals surface area contributed by atoms with Crippen molar-refractivity contribution in [2.75, 3.05) is 0 Å². The molecule has 1 saturated carbocycles. The van der Waals surface area contributed by atoms with Crippen LogP contribution in [0.5, 0.6) is 0 Å². The van der Waals surface area contributed by atoms with Crippen molar-refractivity contribution in [2.45, 2.75) is 44.1 Å². The molecular formula is C11H15F2NO. The summed E-state index contributed by atoms with van der Waals surface area (Å²) in [6.07, 6.45) is 6.22. The van der Waals surface area contributed by atoms with E-state index in [9.17, 15) is 13.6 Å². The average Bonchev–Trinajstić information content (AvgIpc) is 2.76. The summed E-state index contributed by atoms with van der Waals surface area (Å²) in [5, 5.41) is 2.74. The molecule has 1 fully saturated rings. The van der Waals surface area contributed by atoms with Crippen LogP contribution in [0.2, 0.25) is 0 Å². The van der Waals surface area contributed by atoms with Crippen molar-refractivity contribution in [2.24, 2.45) is 5.92 Å². The summed E-state index contributed by atoms with van der Waals surface area (Å²) in [5.74, 6) is -4.33. The Balaban J connectivity index is 1.92. The Kier molecular flexibility index (Phi) is 2.32. The van der Waals surface area contributed by atoms with Crippen LogP contribution in [0.15, 0.2) is 12.2 Å². The lowest BCUT2D eigenvalue weighted by molar-refractivity contribution is -0.126. The highest BCUT2D eigenvalue weighted by molar-refractivity contribution is 5.83. The largest absolute Gasteiger partial charge is 0.350 e. The fraction of sp³-hybridized carbons (Fsp3) is 0.727. The molecule has 0 spiro atoms. The summed E-state index contributed by atoms with van der Waals surface area (Å²) < 4.78 is 25.3. The van der Waals surface area contributed by atoms with Gasteiger partial charge in [0.25, 0.3) is 5.92 Å². The molecule has 2 nitrogen and oxygen atoms in total. The van der Waals surface area contributed by atoms with Crippen LogP contribution < -0.4 is 5.32 Å². The standard InChI is InChI=1S/C11H15F2NO/c1-10(5-3-2-4-6-10)14-9(15)8-7-11(8,12)13/h2-3,8H,4-7H2,1H3,(H,14,15). The molecule has 0 aromatic heterocycles. The van der Waals surface area contributed by atoms with Gasteiger partial charge in [-0.2, -0.15) is 0 Å². The van der Waals surface area contributed by atoms with Gasteiger partial charge in [0.1, 0.15) is 5.92 Å². The summed E-state index contributed by atoms with van der Waals surface area (Å²) in [7, 11) is 0. The molecule has 0 radical (unpaired) electrons. The van der Waals surface area contributed by atoms with Crippen LogP contribution in [0.4, 0.5) is 8.78 Å². The molecule has 2 aliphatic rings. The highest BCUT2D eigenvalue weighted by atomic mass is 19.3. The minimum atomic E-state index is -2.76. The van der Waals surface area contributed by atoms with Crippen LogP contribution in [0.25, 0.3) is 0 Å². The normalized spacial score (nSPS) is 37.4. The molecule has 0 aromatic carbocycles. The molecule has 0 aromatic rings. The van der Waals surface area contributed by atoms with Crippen molar-refractivity contribution in [1.82, 2.24) is 5.32 Å². The van der Waals surface area contributed by atoms with E-state index < -0.39 is 17.7 Å². The van der Waals surface area contributed by atoms with Gasteiger partial charge in [-0.25, -0.2) is 8.78 Å². The zero-order chi connectivity index (χ0) is 11.1. The molecule has 84 valence electrons. The van der Waals surface area contributed by atoms with Crippen LogP contribution in [-0.4, -0.2) is 17.4 Å². The Morgan fingerprint density at radius 3 is 2.60 bits per heavy atom. The van der Waals surface area contributed by atoms with E-state index in [4.69, 9.17) is 0 Å². The lowest BCUT2D eigenvalue weighted by Gasteiger charge is -2.32. The van der Waals surface area contributed by atoms with E-state index in [0.717, 1.165) is 19.3 Å². The fourth-order valence-corrected chi connectivity index (χ4v) is 1.96. The van der Waals surface area contributed by atoms with Gasteiger partial charge in [0, 0.05) is 12.0 Å². The van der Waals surface area contributed by atoms with Gasteiger partial charge in [-0.15, -0.1) is 0 Å². The first-order valence-corrected chi connectivity index (χ1v) is 5.28. The number of amides is 1. The molecule has 2 rings (SSSR count). The monoisotopic (exact) mass is 215 g/mol. The van der Waals surface area contributed by atoms with Gasteiger partial charge >= 0.3 is 0 Å². The SMILES string of the molecule is CC1(NC(=O)C2CC2(F)F)CC=CCC1. The lowest BCUT2D eigenvalue weighted by Crippen LogP contribution is -2.47. The molecule has 0 heterocycles. The van der Waals surface area contributed by atoms with Crippen LogP contribution in [0.3, 0.4) is 0 Å². The molecule has 0 saturated heterocycles. The van der Waals surface area contributed by atoms with E-state index in [2.05, 4.69) is 11.4 Å². The molecular weight excluding hydrogens is 200 g/mol. The zero-order valence-corrected chi connectivity index (χ0v) is 8.72. The summed E-state index contributed by atoms with van der Waals surface area (Å²) >= 11 is 0. The average molecular weight is 215 g/mol. The molecule has 0 aliphatic heterocycles. The quantitative estimate of drug-likeness (QED) is 0.703. The third-order valence-electron chi connectivity index (χ3n) is 3.17. The van der Waals surface area contributed by atoms with Crippen molar-refractivity contribution >= 4 is 5.91 Å². The number of alkyl halides is 2. The van der Waals surface area contributed by atoms with Gasteiger partial charge in [0.2, 0.25) is 5.91 Å². The van der Waals surface area contributed by atoms with Crippen LogP contribution in [0.1, 0.15) is 32.6 Å².